The van der Waals surface area contributed by atoms with Crippen molar-refractivity contribution in [3.8, 4) is 6.07 Å². The van der Waals surface area contributed by atoms with E-state index in [2.05, 4.69) is 9.97 Å². The van der Waals surface area contributed by atoms with Crippen molar-refractivity contribution in [2.75, 3.05) is 0 Å². The number of nitriles is 1. The molecule has 0 aliphatic heterocycles. The SMILES string of the molecule is N#C/C(=C\c1ccncc1F)c1ccncc1. The molecule has 0 aliphatic carbocycles. The van der Waals surface area contributed by atoms with E-state index in [0.29, 0.717) is 16.7 Å². The fourth-order valence-corrected chi connectivity index (χ4v) is 1.37. The predicted molar refractivity (Wildman–Crippen MR) is 61.9 cm³/mol. The molecule has 2 aromatic heterocycles. The molecule has 0 saturated carbocycles. The number of aromatic nitrogens is 2. The van der Waals surface area contributed by atoms with Crippen LogP contribution in [-0.4, -0.2) is 9.97 Å². The first-order valence-corrected chi connectivity index (χ1v) is 4.93. The van der Waals surface area contributed by atoms with E-state index in [4.69, 9.17) is 5.26 Å². The molecule has 3 nitrogen and oxygen atoms in total. The van der Waals surface area contributed by atoms with Crippen molar-refractivity contribution in [3.05, 3.63) is 59.9 Å². The van der Waals surface area contributed by atoms with Crippen molar-refractivity contribution in [2.24, 2.45) is 0 Å². The molecule has 0 N–H and O–H groups in total. The lowest BCUT2D eigenvalue weighted by Gasteiger charge is -1.99. The average Bonchev–Trinajstić information content (AvgIpc) is 2.39. The maximum absolute atomic E-state index is 13.4. The number of rotatable bonds is 2. The summed E-state index contributed by atoms with van der Waals surface area (Å²) in [4.78, 5) is 7.52. The number of nitrogens with zero attached hydrogens (tertiary/aromatic N) is 3. The predicted octanol–water partition coefficient (Wildman–Crippen LogP) is 2.68. The lowest BCUT2D eigenvalue weighted by Crippen LogP contribution is -1.86. The lowest BCUT2D eigenvalue weighted by atomic mass is 10.1. The number of hydrogen-bond donors (Lipinski definition) is 0. The van der Waals surface area contributed by atoms with Gasteiger partial charge >= 0.3 is 0 Å². The van der Waals surface area contributed by atoms with Gasteiger partial charge in [0, 0.05) is 24.2 Å². The molecule has 0 aliphatic rings. The molecule has 82 valence electrons. The van der Waals surface area contributed by atoms with Gasteiger partial charge in [-0.25, -0.2) is 4.39 Å². The van der Waals surface area contributed by atoms with E-state index in [-0.39, 0.29) is 0 Å². The summed E-state index contributed by atoms with van der Waals surface area (Å²) in [7, 11) is 0. The van der Waals surface area contributed by atoms with Crippen LogP contribution in [0.3, 0.4) is 0 Å². The molecule has 0 unspecified atom stereocenters. The summed E-state index contributed by atoms with van der Waals surface area (Å²) in [5, 5.41) is 9.05. The molecule has 0 spiro atoms. The minimum atomic E-state index is -0.450. The minimum Gasteiger partial charge on any atom is -0.265 e. The van der Waals surface area contributed by atoms with Crippen molar-refractivity contribution in [2.45, 2.75) is 0 Å². The van der Waals surface area contributed by atoms with Crippen molar-refractivity contribution in [3.63, 3.8) is 0 Å². The highest BCUT2D eigenvalue weighted by molar-refractivity contribution is 5.89. The van der Waals surface area contributed by atoms with E-state index in [1.165, 1.54) is 18.3 Å². The van der Waals surface area contributed by atoms with E-state index in [1.54, 1.807) is 24.5 Å². The zero-order valence-corrected chi connectivity index (χ0v) is 8.84. The third-order valence-corrected chi connectivity index (χ3v) is 2.22. The molecular formula is C13H8FN3. The first kappa shape index (κ1) is 11.0. The molecule has 0 fully saturated rings. The number of halogens is 1. The van der Waals surface area contributed by atoms with E-state index in [1.807, 2.05) is 6.07 Å². The summed E-state index contributed by atoms with van der Waals surface area (Å²) < 4.78 is 13.4. The lowest BCUT2D eigenvalue weighted by molar-refractivity contribution is 0.618. The Hall–Kier alpha value is -2.54. The Morgan fingerprint density at radius 3 is 2.53 bits per heavy atom. The van der Waals surface area contributed by atoms with Crippen LogP contribution in [0.2, 0.25) is 0 Å². The molecule has 2 rings (SSSR count). The highest BCUT2D eigenvalue weighted by Gasteiger charge is 2.03. The Morgan fingerprint density at radius 2 is 1.88 bits per heavy atom. The highest BCUT2D eigenvalue weighted by atomic mass is 19.1. The van der Waals surface area contributed by atoms with Gasteiger partial charge < -0.3 is 0 Å². The highest BCUT2D eigenvalue weighted by Crippen LogP contribution is 2.17. The molecule has 2 aromatic rings. The molecule has 17 heavy (non-hydrogen) atoms. The van der Waals surface area contributed by atoms with Gasteiger partial charge in [0.15, 0.2) is 0 Å². The van der Waals surface area contributed by atoms with Gasteiger partial charge in [0.05, 0.1) is 17.8 Å². The van der Waals surface area contributed by atoms with Crippen molar-refractivity contribution >= 4 is 11.6 Å². The quantitative estimate of drug-likeness (QED) is 0.738. The third-order valence-electron chi connectivity index (χ3n) is 2.22. The van der Waals surface area contributed by atoms with Gasteiger partial charge in [0.1, 0.15) is 5.82 Å². The maximum atomic E-state index is 13.4. The van der Waals surface area contributed by atoms with Gasteiger partial charge in [-0.15, -0.1) is 0 Å². The van der Waals surface area contributed by atoms with Crippen LogP contribution < -0.4 is 0 Å². The first-order chi connectivity index (χ1) is 8.31. The molecule has 4 heteroatoms. The Labute approximate surface area is 97.9 Å². The van der Waals surface area contributed by atoms with Gasteiger partial charge in [0.2, 0.25) is 0 Å². The Kier molecular flexibility index (Phi) is 3.22. The number of allylic oxidation sites excluding steroid dienone is 1. The molecular weight excluding hydrogens is 217 g/mol. The van der Waals surface area contributed by atoms with Crippen LogP contribution in [0, 0.1) is 17.1 Å². The minimum absolute atomic E-state index is 0.341. The molecule has 0 saturated heterocycles. The van der Waals surface area contributed by atoms with Crippen LogP contribution in [0.5, 0.6) is 0 Å². The summed E-state index contributed by atoms with van der Waals surface area (Å²) in [5.74, 6) is -0.450. The molecule has 0 aromatic carbocycles. The van der Waals surface area contributed by atoms with Crippen molar-refractivity contribution < 1.29 is 4.39 Å². The Bertz CT molecular complexity index is 585. The number of hydrogen-bond acceptors (Lipinski definition) is 3. The van der Waals surface area contributed by atoms with Crippen LogP contribution in [0.15, 0.2) is 43.0 Å². The van der Waals surface area contributed by atoms with E-state index in [9.17, 15) is 4.39 Å². The van der Waals surface area contributed by atoms with Gasteiger partial charge in [-0.3, -0.25) is 9.97 Å². The fraction of sp³-hybridized carbons (Fsp3) is 0. The zero-order valence-electron chi connectivity index (χ0n) is 8.84. The maximum Gasteiger partial charge on any atom is 0.148 e. The van der Waals surface area contributed by atoms with E-state index < -0.39 is 5.82 Å². The zero-order chi connectivity index (χ0) is 12.1. The van der Waals surface area contributed by atoms with E-state index in [0.717, 1.165) is 6.20 Å². The Balaban J connectivity index is 2.45. The van der Waals surface area contributed by atoms with Crippen LogP contribution in [0.4, 0.5) is 4.39 Å². The monoisotopic (exact) mass is 225 g/mol. The van der Waals surface area contributed by atoms with E-state index >= 15 is 0 Å². The average molecular weight is 225 g/mol. The van der Waals surface area contributed by atoms with Gasteiger partial charge in [-0.2, -0.15) is 5.26 Å². The molecule has 0 radical (unpaired) electrons. The first-order valence-electron chi connectivity index (χ1n) is 4.93. The second kappa shape index (κ2) is 4.99. The van der Waals surface area contributed by atoms with Crippen molar-refractivity contribution in [1.29, 1.82) is 5.26 Å². The summed E-state index contributed by atoms with van der Waals surface area (Å²) in [6.07, 6.45) is 7.27. The standard InChI is InChI=1S/C13H8FN3/c14-13-9-17-6-3-11(13)7-12(8-15)10-1-4-16-5-2-10/h1-7,9H/b12-7+. The van der Waals surface area contributed by atoms with Crippen molar-refractivity contribution in [1.82, 2.24) is 9.97 Å². The van der Waals surface area contributed by atoms with Gasteiger partial charge in [-0.1, -0.05) is 0 Å². The Morgan fingerprint density at radius 1 is 1.18 bits per heavy atom. The summed E-state index contributed by atoms with van der Waals surface area (Å²) >= 11 is 0. The second-order valence-electron chi connectivity index (χ2n) is 3.30. The van der Waals surface area contributed by atoms with Gasteiger partial charge in [0.25, 0.3) is 0 Å². The fourth-order valence-electron chi connectivity index (χ4n) is 1.37. The summed E-state index contributed by atoms with van der Waals surface area (Å²) in [6, 6.07) is 6.97. The van der Waals surface area contributed by atoms with Crippen LogP contribution in [-0.2, 0) is 0 Å². The van der Waals surface area contributed by atoms with Crippen LogP contribution in [0.1, 0.15) is 11.1 Å². The molecule has 0 atom stereocenters. The molecule has 0 amide bonds. The molecule has 2 heterocycles. The largest absolute Gasteiger partial charge is 0.265 e. The third kappa shape index (κ3) is 2.52. The summed E-state index contributed by atoms with van der Waals surface area (Å²) in [5.41, 5.74) is 1.43. The normalized spacial score (nSPS) is 10.9. The van der Waals surface area contributed by atoms with Crippen LogP contribution >= 0.6 is 0 Å². The smallest absolute Gasteiger partial charge is 0.148 e. The molecule has 0 bridgehead atoms. The van der Waals surface area contributed by atoms with Crippen LogP contribution in [0.25, 0.3) is 11.6 Å². The second-order valence-corrected chi connectivity index (χ2v) is 3.30. The summed E-state index contributed by atoms with van der Waals surface area (Å²) in [6.45, 7) is 0. The number of pyridine rings is 2. The topological polar surface area (TPSA) is 49.6 Å². The van der Waals surface area contributed by atoms with Gasteiger partial charge in [-0.05, 0) is 29.8 Å².